The number of rotatable bonds is 2. The second-order valence-electron chi connectivity index (χ2n) is 6.83. The van der Waals surface area contributed by atoms with Gasteiger partial charge in [-0.15, -0.1) is 22.0 Å². The molecule has 0 amide bonds. The Hall–Kier alpha value is -2.72. The Morgan fingerprint density at radius 1 is 1.17 bits per heavy atom. The van der Waals surface area contributed by atoms with Crippen LogP contribution in [0.2, 0.25) is 5.22 Å². The molecule has 0 saturated carbocycles. The lowest BCUT2D eigenvalue weighted by molar-refractivity contribution is 0.507. The van der Waals surface area contributed by atoms with Gasteiger partial charge < -0.3 is 13.4 Å². The minimum atomic E-state index is -0.407. The van der Waals surface area contributed by atoms with Crippen LogP contribution in [-0.2, 0) is 20.6 Å². The van der Waals surface area contributed by atoms with Gasteiger partial charge in [-0.25, -0.2) is 4.79 Å². The largest absolute Gasteiger partial charge is 0.448 e. The first-order valence-electron chi connectivity index (χ1n) is 8.88. The summed E-state index contributed by atoms with van der Waals surface area (Å²) in [5.41, 5.74) is 1.03. The van der Waals surface area contributed by atoms with E-state index < -0.39 is 11.2 Å². The van der Waals surface area contributed by atoms with Crippen molar-refractivity contribution in [2.24, 2.45) is 14.1 Å². The first-order chi connectivity index (χ1) is 13.9. The molecule has 0 spiro atoms. The minimum absolute atomic E-state index is 0.241. The summed E-state index contributed by atoms with van der Waals surface area (Å²) in [5.74, 6) is 2.06. The van der Waals surface area contributed by atoms with Crippen molar-refractivity contribution in [1.82, 2.24) is 23.9 Å². The molecule has 5 rings (SSSR count). The summed E-state index contributed by atoms with van der Waals surface area (Å²) in [6.45, 7) is 2.31. The van der Waals surface area contributed by atoms with Crippen LogP contribution in [0.1, 0.15) is 22.6 Å². The average molecular weight is 434 g/mol. The number of furan rings is 1. The molecular weight excluding hydrogens is 418 g/mol. The van der Waals surface area contributed by atoms with Gasteiger partial charge in [0.2, 0.25) is 5.89 Å². The molecule has 11 heteroatoms. The lowest BCUT2D eigenvalue weighted by atomic mass is 10.2. The van der Waals surface area contributed by atoms with E-state index in [0.29, 0.717) is 34.8 Å². The highest BCUT2D eigenvalue weighted by Crippen LogP contribution is 2.46. The second-order valence-corrected chi connectivity index (χ2v) is 8.42. The Balaban J connectivity index is 1.96. The lowest BCUT2D eigenvalue weighted by Crippen LogP contribution is -2.37. The van der Waals surface area contributed by atoms with E-state index in [1.807, 2.05) is 10.6 Å². The standard InChI is InChI=1S/C18H16ClN5O4S/c1-8-20-21-16(27-8)13-11-12(22(2)18(26)23(3)17(11)25)14-15(29-7-6-24(13)14)9-4-5-10(19)28-9/h4-5,15H,6-7H2,1-3H3/t15-/m1/s1. The van der Waals surface area contributed by atoms with Crippen molar-refractivity contribution < 1.29 is 8.83 Å². The maximum atomic E-state index is 13.2. The van der Waals surface area contributed by atoms with Gasteiger partial charge in [0, 0.05) is 33.3 Å². The van der Waals surface area contributed by atoms with Gasteiger partial charge in [0.1, 0.15) is 16.7 Å². The van der Waals surface area contributed by atoms with Crippen LogP contribution in [0.4, 0.5) is 0 Å². The number of hydrogen-bond donors (Lipinski definition) is 0. The van der Waals surface area contributed by atoms with Crippen molar-refractivity contribution >= 4 is 34.3 Å². The Bertz CT molecular complexity index is 1390. The van der Waals surface area contributed by atoms with Crippen LogP contribution in [0.3, 0.4) is 0 Å². The third kappa shape index (κ3) is 2.55. The number of hydrogen-bond acceptors (Lipinski definition) is 7. The molecule has 1 aliphatic rings. The smallest absolute Gasteiger partial charge is 0.331 e. The second kappa shape index (κ2) is 6.39. The fourth-order valence-electron chi connectivity index (χ4n) is 3.88. The molecule has 150 valence electrons. The van der Waals surface area contributed by atoms with Gasteiger partial charge in [-0.2, -0.15) is 0 Å². The van der Waals surface area contributed by atoms with E-state index in [-0.39, 0.29) is 16.4 Å². The zero-order chi connectivity index (χ0) is 20.4. The molecule has 4 aromatic rings. The van der Waals surface area contributed by atoms with E-state index >= 15 is 0 Å². The Kier molecular flexibility index (Phi) is 4.04. The number of aryl methyl sites for hydroxylation is 2. The molecule has 29 heavy (non-hydrogen) atoms. The van der Waals surface area contributed by atoms with Crippen LogP contribution in [0.5, 0.6) is 0 Å². The van der Waals surface area contributed by atoms with Crippen molar-refractivity contribution in [2.45, 2.75) is 18.7 Å². The van der Waals surface area contributed by atoms with E-state index in [2.05, 4.69) is 10.2 Å². The zero-order valence-electron chi connectivity index (χ0n) is 15.8. The van der Waals surface area contributed by atoms with Gasteiger partial charge in [0.05, 0.1) is 16.6 Å². The molecule has 9 nitrogen and oxygen atoms in total. The molecule has 5 heterocycles. The van der Waals surface area contributed by atoms with Crippen molar-refractivity contribution in [3.63, 3.8) is 0 Å². The molecule has 0 saturated heterocycles. The van der Waals surface area contributed by atoms with E-state index in [1.165, 1.54) is 11.6 Å². The first-order valence-corrected chi connectivity index (χ1v) is 10.3. The number of nitrogens with zero attached hydrogens (tertiary/aromatic N) is 5. The molecule has 0 radical (unpaired) electrons. The Morgan fingerprint density at radius 2 is 1.97 bits per heavy atom. The molecular formula is C18H16ClN5O4S. The summed E-state index contributed by atoms with van der Waals surface area (Å²) in [4.78, 5) is 25.9. The number of fused-ring (bicyclic) bond motifs is 3. The molecule has 0 aliphatic carbocycles. The highest BCUT2D eigenvalue weighted by atomic mass is 35.5. The lowest BCUT2D eigenvalue weighted by Gasteiger charge is -2.24. The minimum Gasteiger partial charge on any atom is -0.448 e. The Labute approximate surface area is 172 Å². The maximum absolute atomic E-state index is 13.2. The van der Waals surface area contributed by atoms with Crippen molar-refractivity contribution in [3.8, 4) is 11.6 Å². The summed E-state index contributed by atoms with van der Waals surface area (Å²) < 4.78 is 15.9. The third-order valence-electron chi connectivity index (χ3n) is 5.13. The normalized spacial score (nSPS) is 16.5. The summed E-state index contributed by atoms with van der Waals surface area (Å²) in [7, 11) is 3.11. The first kappa shape index (κ1) is 18.3. The van der Waals surface area contributed by atoms with Crippen LogP contribution in [0.15, 0.2) is 30.6 Å². The van der Waals surface area contributed by atoms with Gasteiger partial charge in [0.15, 0.2) is 5.22 Å². The van der Waals surface area contributed by atoms with Crippen molar-refractivity contribution in [1.29, 1.82) is 0 Å². The van der Waals surface area contributed by atoms with Crippen LogP contribution < -0.4 is 11.2 Å². The van der Waals surface area contributed by atoms with Gasteiger partial charge in [0.25, 0.3) is 11.4 Å². The topological polar surface area (TPSA) is 101 Å². The van der Waals surface area contributed by atoms with E-state index in [9.17, 15) is 9.59 Å². The highest BCUT2D eigenvalue weighted by Gasteiger charge is 2.35. The fourth-order valence-corrected chi connectivity index (χ4v) is 5.24. The summed E-state index contributed by atoms with van der Waals surface area (Å²) in [5, 5.41) is 8.48. The number of thioether (sulfide) groups is 1. The van der Waals surface area contributed by atoms with Gasteiger partial charge in [-0.1, -0.05) is 0 Å². The third-order valence-corrected chi connectivity index (χ3v) is 6.54. The summed E-state index contributed by atoms with van der Waals surface area (Å²) in [6, 6.07) is 3.49. The summed E-state index contributed by atoms with van der Waals surface area (Å²) >= 11 is 7.67. The zero-order valence-corrected chi connectivity index (χ0v) is 17.4. The molecule has 4 aromatic heterocycles. The predicted octanol–water partition coefficient (Wildman–Crippen LogP) is 2.48. The van der Waals surface area contributed by atoms with Crippen LogP contribution in [-0.4, -0.2) is 29.7 Å². The highest BCUT2D eigenvalue weighted by molar-refractivity contribution is 7.99. The van der Waals surface area contributed by atoms with Gasteiger partial charge >= 0.3 is 5.69 Å². The quantitative estimate of drug-likeness (QED) is 0.478. The SMILES string of the molecule is Cc1nnc(-c2c3c(=O)n(C)c(=O)n(C)c3c3n2CCS[C@@H]3c2ccc(Cl)o2)o1. The fraction of sp³-hybridized carbons (Fsp3) is 0.333. The van der Waals surface area contributed by atoms with E-state index in [1.54, 1.807) is 31.8 Å². The van der Waals surface area contributed by atoms with Gasteiger partial charge in [-0.3, -0.25) is 13.9 Å². The van der Waals surface area contributed by atoms with Crippen LogP contribution >= 0.6 is 23.4 Å². The molecule has 0 N–H and O–H groups in total. The number of aromatic nitrogens is 5. The monoisotopic (exact) mass is 433 g/mol. The van der Waals surface area contributed by atoms with Crippen LogP contribution in [0, 0.1) is 6.92 Å². The van der Waals surface area contributed by atoms with E-state index in [0.717, 1.165) is 16.0 Å². The van der Waals surface area contributed by atoms with Crippen LogP contribution in [0.25, 0.3) is 22.5 Å². The molecule has 0 fully saturated rings. The molecule has 0 bridgehead atoms. The molecule has 1 aliphatic heterocycles. The van der Waals surface area contributed by atoms with Crippen molar-refractivity contribution in [3.05, 3.63) is 55.5 Å². The molecule has 1 atom stereocenters. The maximum Gasteiger partial charge on any atom is 0.331 e. The van der Waals surface area contributed by atoms with Crippen molar-refractivity contribution in [2.75, 3.05) is 5.75 Å². The summed E-state index contributed by atoms with van der Waals surface area (Å²) in [6.07, 6.45) is 0. The van der Waals surface area contributed by atoms with E-state index in [4.69, 9.17) is 20.4 Å². The molecule has 0 unspecified atom stereocenters. The molecule has 0 aromatic carbocycles. The van der Waals surface area contributed by atoms with Gasteiger partial charge in [-0.05, 0) is 23.7 Å². The average Bonchev–Trinajstić information content (AvgIpc) is 3.41. The number of halogens is 1. The Morgan fingerprint density at radius 3 is 2.62 bits per heavy atom. The predicted molar refractivity (Wildman–Crippen MR) is 108 cm³/mol.